The molecule has 2 aromatic carbocycles. The topological polar surface area (TPSA) is 110 Å². The van der Waals surface area contributed by atoms with Crippen molar-refractivity contribution in [2.45, 2.75) is 42.7 Å². The van der Waals surface area contributed by atoms with E-state index in [1.165, 1.54) is 12.1 Å². The minimum Gasteiger partial charge on any atom is -0.376 e. The lowest BCUT2D eigenvalue weighted by Gasteiger charge is -2.44. The van der Waals surface area contributed by atoms with E-state index in [1.807, 2.05) is 10.6 Å². The summed E-state index contributed by atoms with van der Waals surface area (Å²) in [6, 6.07) is 14.9. The van der Waals surface area contributed by atoms with Gasteiger partial charge in [-0.2, -0.15) is 0 Å². The van der Waals surface area contributed by atoms with Crippen LogP contribution in [0, 0.1) is 11.7 Å². The second kappa shape index (κ2) is 10.7. The zero-order valence-corrected chi connectivity index (χ0v) is 22.7. The molecule has 1 aromatic heterocycles. The van der Waals surface area contributed by atoms with Crippen molar-refractivity contribution in [3.05, 3.63) is 88.1 Å². The first-order valence-electron chi connectivity index (χ1n) is 13.5. The number of nitrogens with one attached hydrogen (secondary N) is 2. The highest BCUT2D eigenvalue weighted by atomic mass is 32.2. The van der Waals surface area contributed by atoms with Gasteiger partial charge in [-0.3, -0.25) is 14.3 Å². The van der Waals surface area contributed by atoms with Crippen LogP contribution in [0.25, 0.3) is 0 Å². The van der Waals surface area contributed by atoms with Crippen LogP contribution in [-0.4, -0.2) is 51.2 Å². The maximum absolute atomic E-state index is 13.5. The first kappa shape index (κ1) is 26.5. The average Bonchev–Trinajstić information content (AvgIpc) is 3.46. The van der Waals surface area contributed by atoms with Crippen LogP contribution in [0.4, 0.5) is 15.8 Å². The minimum absolute atomic E-state index is 0.00762. The maximum atomic E-state index is 13.5. The van der Waals surface area contributed by atoms with Crippen molar-refractivity contribution in [2.24, 2.45) is 5.92 Å². The molecule has 9 nitrogen and oxygen atoms in total. The number of hydrogen-bond donors (Lipinski definition) is 2. The lowest BCUT2D eigenvalue weighted by molar-refractivity contribution is 0.0858. The Kier molecular flexibility index (Phi) is 7.09. The van der Waals surface area contributed by atoms with E-state index in [0.717, 1.165) is 37.1 Å². The molecule has 1 amide bonds. The number of amides is 1. The molecule has 2 fully saturated rings. The van der Waals surface area contributed by atoms with Crippen molar-refractivity contribution in [3.8, 4) is 0 Å². The molecule has 3 aliphatic rings. The fourth-order valence-electron chi connectivity index (χ4n) is 6.06. The number of rotatable bonds is 7. The lowest BCUT2D eigenvalue weighted by Crippen LogP contribution is -2.47. The summed E-state index contributed by atoms with van der Waals surface area (Å²) in [6.07, 6.45) is 2.76. The summed E-state index contributed by atoms with van der Waals surface area (Å²) in [5.74, 6) is -0.545. The molecule has 0 radical (unpaired) electrons. The Morgan fingerprint density at radius 2 is 1.88 bits per heavy atom. The molecule has 11 heteroatoms. The van der Waals surface area contributed by atoms with E-state index in [4.69, 9.17) is 4.74 Å². The third-order valence-corrected chi connectivity index (χ3v) is 9.34. The van der Waals surface area contributed by atoms with Crippen LogP contribution >= 0.6 is 0 Å². The van der Waals surface area contributed by atoms with Gasteiger partial charge in [0.25, 0.3) is 21.5 Å². The number of sulfonamides is 1. The van der Waals surface area contributed by atoms with Gasteiger partial charge >= 0.3 is 0 Å². The Bertz CT molecular complexity index is 1580. The number of halogens is 1. The van der Waals surface area contributed by atoms with Crippen molar-refractivity contribution in [3.63, 3.8) is 0 Å². The van der Waals surface area contributed by atoms with E-state index in [9.17, 15) is 22.4 Å². The molecule has 6 rings (SSSR count). The fraction of sp³-hybridized carbons (Fsp3) is 0.379. The molecule has 4 heterocycles. The summed E-state index contributed by atoms with van der Waals surface area (Å²) in [5, 5.41) is 2.89. The van der Waals surface area contributed by atoms with Gasteiger partial charge in [0.2, 0.25) is 0 Å². The predicted octanol–water partition coefficient (Wildman–Crippen LogP) is 3.32. The second-order valence-corrected chi connectivity index (χ2v) is 12.4. The largest absolute Gasteiger partial charge is 0.376 e. The number of carbonyl (C=O) groups excluding carboxylic acids is 1. The van der Waals surface area contributed by atoms with Gasteiger partial charge in [0.05, 0.1) is 22.4 Å². The fourth-order valence-corrected chi connectivity index (χ4v) is 7.12. The number of aromatic nitrogens is 1. The Morgan fingerprint density at radius 1 is 1.05 bits per heavy atom. The van der Waals surface area contributed by atoms with E-state index in [-0.39, 0.29) is 40.0 Å². The molecule has 210 valence electrons. The highest BCUT2D eigenvalue weighted by Gasteiger charge is 2.35. The number of fused-ring (bicyclic) bond motifs is 4. The third-order valence-electron chi connectivity index (χ3n) is 7.96. The van der Waals surface area contributed by atoms with Gasteiger partial charge in [0.15, 0.2) is 0 Å². The zero-order chi connectivity index (χ0) is 27.9. The Labute approximate surface area is 232 Å². The Morgan fingerprint density at radius 3 is 2.65 bits per heavy atom. The molecule has 3 atom stereocenters. The van der Waals surface area contributed by atoms with Gasteiger partial charge in [-0.1, -0.05) is 6.07 Å². The van der Waals surface area contributed by atoms with E-state index in [1.54, 1.807) is 30.3 Å². The molecular weight excluding hydrogens is 535 g/mol. The smallest absolute Gasteiger partial charge is 0.261 e. The van der Waals surface area contributed by atoms with Crippen LogP contribution < -0.4 is 20.5 Å². The first-order chi connectivity index (χ1) is 19.3. The third kappa shape index (κ3) is 5.35. The standard InChI is InChI=1S/C29H31FN4O5S/c30-22-7-9-24(10-8-22)40(37,38)32-25-14-20(29(36)31-15-23-3-2-12-39-23)6-11-27(25)33-16-19-13-21(18-33)26-4-1-5-28(35)34(26)17-19/h1,4-11,14,19,21,23,32H,2-3,12-13,15-18H2,(H,31,36)/t19-,21+,23-/m1/s1. The Hall–Kier alpha value is -3.70. The van der Waals surface area contributed by atoms with Crippen molar-refractivity contribution in [2.75, 3.05) is 35.9 Å². The highest BCUT2D eigenvalue weighted by molar-refractivity contribution is 7.92. The number of hydrogen-bond acceptors (Lipinski definition) is 6. The van der Waals surface area contributed by atoms with Crippen LogP contribution in [0.15, 0.2) is 70.4 Å². The molecular formula is C29H31FN4O5S. The van der Waals surface area contributed by atoms with E-state index >= 15 is 0 Å². The molecule has 2 saturated heterocycles. The summed E-state index contributed by atoms with van der Waals surface area (Å²) in [4.78, 5) is 27.5. The molecule has 2 N–H and O–H groups in total. The van der Waals surface area contributed by atoms with E-state index in [2.05, 4.69) is 14.9 Å². The maximum Gasteiger partial charge on any atom is 0.261 e. The van der Waals surface area contributed by atoms with Crippen molar-refractivity contribution >= 4 is 27.3 Å². The number of nitrogens with zero attached hydrogens (tertiary/aromatic N) is 2. The van der Waals surface area contributed by atoms with Crippen molar-refractivity contribution in [1.29, 1.82) is 0 Å². The lowest BCUT2D eigenvalue weighted by atomic mass is 9.83. The van der Waals surface area contributed by atoms with Crippen LogP contribution in [-0.2, 0) is 21.3 Å². The molecule has 0 aliphatic carbocycles. The summed E-state index contributed by atoms with van der Waals surface area (Å²) in [5.41, 5.74) is 2.19. The molecule has 3 aliphatic heterocycles. The van der Waals surface area contributed by atoms with Gasteiger partial charge < -0.3 is 19.5 Å². The van der Waals surface area contributed by atoms with Gasteiger partial charge in [0, 0.05) is 56.0 Å². The van der Waals surface area contributed by atoms with Gasteiger partial charge in [-0.15, -0.1) is 0 Å². The summed E-state index contributed by atoms with van der Waals surface area (Å²) in [6.45, 7) is 2.89. The zero-order valence-electron chi connectivity index (χ0n) is 21.9. The highest BCUT2D eigenvalue weighted by Crippen LogP contribution is 2.39. The van der Waals surface area contributed by atoms with Crippen LogP contribution in [0.1, 0.15) is 41.2 Å². The molecule has 0 unspecified atom stereocenters. The quantitative estimate of drug-likeness (QED) is 0.454. The van der Waals surface area contributed by atoms with E-state index < -0.39 is 15.8 Å². The first-order valence-corrected chi connectivity index (χ1v) is 15.0. The number of benzene rings is 2. The van der Waals surface area contributed by atoms with Gasteiger partial charge in [0.1, 0.15) is 5.82 Å². The molecule has 2 bridgehead atoms. The summed E-state index contributed by atoms with van der Waals surface area (Å²) < 4.78 is 50.2. The molecule has 0 spiro atoms. The van der Waals surface area contributed by atoms with Crippen molar-refractivity contribution < 1.29 is 22.3 Å². The van der Waals surface area contributed by atoms with Gasteiger partial charge in [-0.05, 0) is 73.7 Å². The Balaban J connectivity index is 1.32. The predicted molar refractivity (Wildman–Crippen MR) is 149 cm³/mol. The summed E-state index contributed by atoms with van der Waals surface area (Å²) >= 11 is 0. The number of ether oxygens (including phenoxy) is 1. The molecule has 3 aromatic rings. The average molecular weight is 567 g/mol. The SMILES string of the molecule is O=C(NC[C@H]1CCCO1)c1ccc(N2C[C@H]3C[C@@H](C2)c2cccc(=O)n2C3)c(NS(=O)(=O)c2ccc(F)cc2)c1. The van der Waals surface area contributed by atoms with Crippen LogP contribution in [0.3, 0.4) is 0 Å². The minimum atomic E-state index is -4.07. The van der Waals surface area contributed by atoms with E-state index in [0.29, 0.717) is 44.0 Å². The number of carbonyl (C=O) groups is 1. The normalized spacial score (nSPS) is 22.0. The van der Waals surface area contributed by atoms with Crippen LogP contribution in [0.5, 0.6) is 0 Å². The van der Waals surface area contributed by atoms with Crippen molar-refractivity contribution in [1.82, 2.24) is 9.88 Å². The number of anilines is 2. The van der Waals surface area contributed by atoms with Crippen LogP contribution in [0.2, 0.25) is 0 Å². The number of piperidine rings is 1. The molecule has 40 heavy (non-hydrogen) atoms. The molecule has 0 saturated carbocycles. The second-order valence-electron chi connectivity index (χ2n) is 10.7. The number of pyridine rings is 1. The monoisotopic (exact) mass is 566 g/mol. The summed E-state index contributed by atoms with van der Waals surface area (Å²) in [7, 11) is -4.07. The van der Waals surface area contributed by atoms with Gasteiger partial charge in [-0.25, -0.2) is 12.8 Å².